The molecule has 0 amide bonds. The van der Waals surface area contributed by atoms with Crippen molar-refractivity contribution in [1.29, 1.82) is 0 Å². The van der Waals surface area contributed by atoms with Gasteiger partial charge in [0.05, 0.1) is 13.7 Å². The van der Waals surface area contributed by atoms with E-state index in [0.717, 1.165) is 37.7 Å². The third-order valence-corrected chi connectivity index (χ3v) is 3.28. The Balaban J connectivity index is 2.19. The number of nitrogens with zero attached hydrogens (tertiary/aromatic N) is 2. The summed E-state index contributed by atoms with van der Waals surface area (Å²) in [5.41, 5.74) is 5.71. The maximum atomic E-state index is 5.71. The summed E-state index contributed by atoms with van der Waals surface area (Å²) in [5.74, 6) is 1.17. The first-order chi connectivity index (χ1) is 7.33. The fourth-order valence-electron chi connectivity index (χ4n) is 1.63. The van der Waals surface area contributed by atoms with Gasteiger partial charge in [0.15, 0.2) is 16.6 Å². The van der Waals surface area contributed by atoms with E-state index < -0.39 is 0 Å². The van der Waals surface area contributed by atoms with Crippen LogP contribution in [0.4, 0.5) is 10.8 Å². The van der Waals surface area contributed by atoms with Crippen LogP contribution >= 0.6 is 11.5 Å². The fourth-order valence-corrected chi connectivity index (χ4v) is 2.46. The molecule has 1 aromatic rings. The quantitative estimate of drug-likeness (QED) is 0.818. The zero-order valence-electron chi connectivity index (χ0n) is 8.73. The molecule has 0 saturated carbocycles. The van der Waals surface area contributed by atoms with Gasteiger partial charge < -0.3 is 20.1 Å². The Hall–Kier alpha value is -1.01. The van der Waals surface area contributed by atoms with Gasteiger partial charge in [0, 0.05) is 19.7 Å². The zero-order chi connectivity index (χ0) is 10.7. The molecule has 0 radical (unpaired) electrons. The van der Waals surface area contributed by atoms with E-state index in [2.05, 4.69) is 9.27 Å². The van der Waals surface area contributed by atoms with Crippen molar-refractivity contribution in [3.63, 3.8) is 0 Å². The highest BCUT2D eigenvalue weighted by molar-refractivity contribution is 7.11. The minimum Gasteiger partial charge on any atom is -0.490 e. The smallest absolute Gasteiger partial charge is 0.197 e. The number of nitrogens with two attached hydrogens (primary N) is 1. The summed E-state index contributed by atoms with van der Waals surface area (Å²) < 4.78 is 14.8. The number of anilines is 2. The van der Waals surface area contributed by atoms with E-state index in [0.29, 0.717) is 11.6 Å². The average molecular weight is 229 g/mol. The van der Waals surface area contributed by atoms with Crippen LogP contribution in [-0.4, -0.2) is 37.8 Å². The summed E-state index contributed by atoms with van der Waals surface area (Å²) in [6.07, 6.45) is 1.03. The molecule has 1 fully saturated rings. The van der Waals surface area contributed by atoms with E-state index in [-0.39, 0.29) is 0 Å². The molecule has 15 heavy (non-hydrogen) atoms. The molecule has 6 heteroatoms. The lowest BCUT2D eigenvalue weighted by Crippen LogP contribution is -2.25. The van der Waals surface area contributed by atoms with Crippen LogP contribution in [0.25, 0.3) is 0 Å². The second-order valence-electron chi connectivity index (χ2n) is 3.36. The van der Waals surface area contributed by atoms with Gasteiger partial charge in [0.1, 0.15) is 0 Å². The monoisotopic (exact) mass is 229 g/mol. The summed E-state index contributed by atoms with van der Waals surface area (Å²) in [6, 6.07) is 0. The largest absolute Gasteiger partial charge is 0.490 e. The van der Waals surface area contributed by atoms with Crippen molar-refractivity contribution in [2.75, 3.05) is 44.0 Å². The first-order valence-corrected chi connectivity index (χ1v) is 5.72. The van der Waals surface area contributed by atoms with Gasteiger partial charge in [-0.05, 0) is 18.0 Å². The van der Waals surface area contributed by atoms with Gasteiger partial charge in [-0.15, -0.1) is 0 Å². The Labute approximate surface area is 92.9 Å². The Morgan fingerprint density at radius 1 is 1.47 bits per heavy atom. The highest BCUT2D eigenvalue weighted by Crippen LogP contribution is 2.38. The van der Waals surface area contributed by atoms with Crippen LogP contribution in [0.3, 0.4) is 0 Å². The summed E-state index contributed by atoms with van der Waals surface area (Å²) in [4.78, 5) is 2.22. The molecule has 2 N–H and O–H groups in total. The topological polar surface area (TPSA) is 60.6 Å². The Morgan fingerprint density at radius 3 is 3.13 bits per heavy atom. The van der Waals surface area contributed by atoms with Crippen LogP contribution in [0.15, 0.2) is 0 Å². The lowest BCUT2D eigenvalue weighted by molar-refractivity contribution is 0.152. The van der Waals surface area contributed by atoms with E-state index in [9.17, 15) is 0 Å². The van der Waals surface area contributed by atoms with Crippen molar-refractivity contribution >= 4 is 22.4 Å². The number of hydrogen-bond acceptors (Lipinski definition) is 6. The standard InChI is InChI=1S/C9H15N3O2S/c1-13-7-8(10)11-15-9(7)12-3-2-5-14-6-4-12/h2-6H2,1H3,(H2,10,11). The molecule has 84 valence electrons. The Bertz CT molecular complexity index is 321. The van der Waals surface area contributed by atoms with Crippen LogP contribution in [0.2, 0.25) is 0 Å². The molecule has 0 bridgehead atoms. The maximum absolute atomic E-state index is 5.71. The first kappa shape index (κ1) is 10.5. The van der Waals surface area contributed by atoms with Crippen LogP contribution in [0.1, 0.15) is 6.42 Å². The van der Waals surface area contributed by atoms with Crippen molar-refractivity contribution in [3.8, 4) is 5.75 Å². The minimum atomic E-state index is 0.475. The molecule has 2 rings (SSSR count). The van der Waals surface area contributed by atoms with Gasteiger partial charge >= 0.3 is 0 Å². The van der Waals surface area contributed by atoms with Gasteiger partial charge in [-0.1, -0.05) is 0 Å². The number of rotatable bonds is 2. The third-order valence-electron chi connectivity index (χ3n) is 2.37. The molecular formula is C9H15N3O2S. The highest BCUT2D eigenvalue weighted by Gasteiger charge is 2.19. The number of methoxy groups -OCH3 is 1. The second-order valence-corrected chi connectivity index (χ2v) is 4.11. The average Bonchev–Trinajstić information content (AvgIpc) is 2.48. The SMILES string of the molecule is COc1c(N)nsc1N1CCCOCC1. The van der Waals surface area contributed by atoms with Crippen LogP contribution in [-0.2, 0) is 4.74 Å². The van der Waals surface area contributed by atoms with E-state index >= 15 is 0 Å². The molecule has 0 unspecified atom stereocenters. The van der Waals surface area contributed by atoms with Gasteiger partial charge in [-0.25, -0.2) is 0 Å². The fraction of sp³-hybridized carbons (Fsp3) is 0.667. The van der Waals surface area contributed by atoms with Crippen molar-refractivity contribution in [2.24, 2.45) is 0 Å². The van der Waals surface area contributed by atoms with Crippen LogP contribution in [0, 0.1) is 0 Å². The maximum Gasteiger partial charge on any atom is 0.197 e. The summed E-state index contributed by atoms with van der Waals surface area (Å²) >= 11 is 1.39. The summed E-state index contributed by atoms with van der Waals surface area (Å²) in [7, 11) is 1.62. The van der Waals surface area contributed by atoms with Crippen molar-refractivity contribution in [2.45, 2.75) is 6.42 Å². The van der Waals surface area contributed by atoms with Gasteiger partial charge in [0.25, 0.3) is 0 Å². The predicted octanol–water partition coefficient (Wildman–Crippen LogP) is 0.961. The molecule has 1 aromatic heterocycles. The zero-order valence-corrected chi connectivity index (χ0v) is 9.55. The number of nitrogen functional groups attached to an aromatic ring is 1. The highest BCUT2D eigenvalue weighted by atomic mass is 32.1. The van der Waals surface area contributed by atoms with Crippen molar-refractivity contribution in [3.05, 3.63) is 0 Å². The van der Waals surface area contributed by atoms with Gasteiger partial charge in [0.2, 0.25) is 0 Å². The molecule has 1 saturated heterocycles. The molecule has 0 atom stereocenters. The number of ether oxygens (including phenoxy) is 2. The van der Waals surface area contributed by atoms with Gasteiger partial charge in [-0.2, -0.15) is 4.37 Å². The molecule has 2 heterocycles. The molecule has 0 aliphatic carbocycles. The lowest BCUT2D eigenvalue weighted by atomic mass is 10.4. The summed E-state index contributed by atoms with van der Waals surface area (Å²) in [5, 5.41) is 1.01. The molecule has 0 aromatic carbocycles. The molecule has 1 aliphatic heterocycles. The predicted molar refractivity (Wildman–Crippen MR) is 60.7 cm³/mol. The molecular weight excluding hydrogens is 214 g/mol. The van der Waals surface area contributed by atoms with E-state index in [1.165, 1.54) is 11.5 Å². The summed E-state index contributed by atoms with van der Waals surface area (Å²) in [6.45, 7) is 3.42. The van der Waals surface area contributed by atoms with E-state index in [1.54, 1.807) is 7.11 Å². The van der Waals surface area contributed by atoms with Gasteiger partial charge in [-0.3, -0.25) is 0 Å². The first-order valence-electron chi connectivity index (χ1n) is 4.94. The lowest BCUT2D eigenvalue weighted by Gasteiger charge is -2.20. The third kappa shape index (κ3) is 2.15. The normalized spacial score (nSPS) is 17.5. The molecule has 0 spiro atoms. The Kier molecular flexibility index (Phi) is 3.27. The van der Waals surface area contributed by atoms with Crippen LogP contribution in [0.5, 0.6) is 5.75 Å². The van der Waals surface area contributed by atoms with E-state index in [4.69, 9.17) is 15.2 Å². The number of hydrogen-bond donors (Lipinski definition) is 1. The van der Waals surface area contributed by atoms with Crippen LogP contribution < -0.4 is 15.4 Å². The molecule has 5 nitrogen and oxygen atoms in total. The number of aromatic nitrogens is 1. The van der Waals surface area contributed by atoms with E-state index in [1.807, 2.05) is 0 Å². The molecule has 1 aliphatic rings. The second kappa shape index (κ2) is 4.67. The minimum absolute atomic E-state index is 0.475. The Morgan fingerprint density at radius 2 is 2.33 bits per heavy atom. The van der Waals surface area contributed by atoms with Crippen molar-refractivity contribution < 1.29 is 9.47 Å². The van der Waals surface area contributed by atoms with Crippen molar-refractivity contribution in [1.82, 2.24) is 4.37 Å².